The number of rotatable bonds is 8. The first-order chi connectivity index (χ1) is 11.0. The van der Waals surface area contributed by atoms with Crippen molar-refractivity contribution < 1.29 is 4.79 Å². The average molecular weight is 336 g/mol. The molecule has 2 aromatic rings. The van der Waals surface area contributed by atoms with Gasteiger partial charge in [-0.3, -0.25) is 9.48 Å². The topological polar surface area (TPSA) is 54.3 Å². The van der Waals surface area contributed by atoms with E-state index in [9.17, 15) is 4.79 Å². The van der Waals surface area contributed by atoms with Crippen LogP contribution in [0.15, 0.2) is 36.9 Å². The molecular formula is C16H22ClN5O. The van der Waals surface area contributed by atoms with Gasteiger partial charge in [-0.1, -0.05) is 23.7 Å². The molecule has 0 aliphatic rings. The second-order valence-corrected chi connectivity index (χ2v) is 6.09. The molecule has 2 rings (SSSR count). The van der Waals surface area contributed by atoms with Gasteiger partial charge in [0, 0.05) is 31.1 Å². The fourth-order valence-electron chi connectivity index (χ4n) is 2.18. The molecule has 0 atom stereocenters. The number of benzene rings is 1. The Balaban J connectivity index is 1.98. The standard InChI is InChI=1S/C16H22ClN5O/c1-20(2)8-9-21(11-14-4-3-5-15(17)10-14)16(23)6-7-22-13-18-12-19-22/h3-5,10,12-13H,6-9,11H2,1-2H3. The van der Waals surface area contributed by atoms with Crippen molar-refractivity contribution in [3.05, 3.63) is 47.5 Å². The summed E-state index contributed by atoms with van der Waals surface area (Å²) in [5.74, 6) is 0.0994. The maximum atomic E-state index is 12.6. The van der Waals surface area contributed by atoms with Crippen molar-refractivity contribution in [1.29, 1.82) is 0 Å². The van der Waals surface area contributed by atoms with Crippen LogP contribution in [-0.4, -0.2) is 57.7 Å². The van der Waals surface area contributed by atoms with Gasteiger partial charge < -0.3 is 9.80 Å². The number of carbonyl (C=O) groups excluding carboxylic acids is 1. The molecule has 1 aromatic carbocycles. The Morgan fingerprint density at radius 3 is 2.78 bits per heavy atom. The second-order valence-electron chi connectivity index (χ2n) is 5.66. The molecule has 0 fully saturated rings. The highest BCUT2D eigenvalue weighted by Crippen LogP contribution is 2.13. The van der Waals surface area contributed by atoms with E-state index in [0.29, 0.717) is 31.1 Å². The molecule has 0 spiro atoms. The van der Waals surface area contributed by atoms with Gasteiger partial charge in [-0.05, 0) is 31.8 Å². The third-order valence-corrected chi connectivity index (χ3v) is 3.69. The minimum atomic E-state index is 0.0994. The van der Waals surface area contributed by atoms with E-state index < -0.39 is 0 Å². The lowest BCUT2D eigenvalue weighted by atomic mass is 10.2. The molecule has 0 bridgehead atoms. The summed E-state index contributed by atoms with van der Waals surface area (Å²) in [5.41, 5.74) is 1.03. The molecule has 6 nitrogen and oxygen atoms in total. The van der Waals surface area contributed by atoms with Gasteiger partial charge in [0.2, 0.25) is 5.91 Å². The van der Waals surface area contributed by atoms with Crippen molar-refractivity contribution in [2.75, 3.05) is 27.2 Å². The predicted molar refractivity (Wildman–Crippen MR) is 90.1 cm³/mol. The Labute approximate surface area is 141 Å². The van der Waals surface area contributed by atoms with Crippen LogP contribution in [0.2, 0.25) is 5.02 Å². The van der Waals surface area contributed by atoms with Crippen LogP contribution in [0.25, 0.3) is 0 Å². The first-order valence-electron chi connectivity index (χ1n) is 7.54. The largest absolute Gasteiger partial charge is 0.337 e. The number of likely N-dealkylation sites (N-methyl/N-ethyl adjacent to an activating group) is 1. The maximum absolute atomic E-state index is 12.6. The fourth-order valence-corrected chi connectivity index (χ4v) is 2.40. The number of nitrogens with zero attached hydrogens (tertiary/aromatic N) is 5. The lowest BCUT2D eigenvalue weighted by Gasteiger charge is -2.24. The lowest BCUT2D eigenvalue weighted by molar-refractivity contribution is -0.132. The smallest absolute Gasteiger partial charge is 0.224 e. The number of hydrogen-bond acceptors (Lipinski definition) is 4. The van der Waals surface area contributed by atoms with Gasteiger partial charge in [0.25, 0.3) is 0 Å². The summed E-state index contributed by atoms with van der Waals surface area (Å²) in [4.78, 5) is 20.4. The zero-order valence-corrected chi connectivity index (χ0v) is 14.3. The van der Waals surface area contributed by atoms with Crippen LogP contribution in [-0.2, 0) is 17.9 Å². The molecule has 0 radical (unpaired) electrons. The molecule has 0 aliphatic carbocycles. The van der Waals surface area contributed by atoms with Crippen molar-refractivity contribution >= 4 is 17.5 Å². The number of aryl methyl sites for hydroxylation is 1. The van der Waals surface area contributed by atoms with Crippen LogP contribution >= 0.6 is 11.6 Å². The van der Waals surface area contributed by atoms with Crippen LogP contribution in [0.3, 0.4) is 0 Å². The minimum Gasteiger partial charge on any atom is -0.337 e. The fraction of sp³-hybridized carbons (Fsp3) is 0.438. The minimum absolute atomic E-state index is 0.0994. The number of amides is 1. The zero-order chi connectivity index (χ0) is 16.7. The van der Waals surface area contributed by atoms with Crippen LogP contribution in [0.1, 0.15) is 12.0 Å². The van der Waals surface area contributed by atoms with Gasteiger partial charge >= 0.3 is 0 Å². The SMILES string of the molecule is CN(C)CCN(Cc1cccc(Cl)c1)C(=O)CCn1cncn1. The Hall–Kier alpha value is -1.92. The van der Waals surface area contributed by atoms with Crippen LogP contribution in [0.4, 0.5) is 0 Å². The molecule has 23 heavy (non-hydrogen) atoms. The summed E-state index contributed by atoms with van der Waals surface area (Å²) >= 11 is 6.03. The highest BCUT2D eigenvalue weighted by molar-refractivity contribution is 6.30. The molecule has 0 unspecified atom stereocenters. The lowest BCUT2D eigenvalue weighted by Crippen LogP contribution is -2.36. The quantitative estimate of drug-likeness (QED) is 0.739. The van der Waals surface area contributed by atoms with E-state index in [1.165, 1.54) is 6.33 Å². The number of carbonyl (C=O) groups is 1. The summed E-state index contributed by atoms with van der Waals surface area (Å²) in [7, 11) is 3.99. The molecule has 1 aromatic heterocycles. The Bertz CT molecular complexity index is 615. The summed E-state index contributed by atoms with van der Waals surface area (Å²) in [5, 5.41) is 4.71. The molecule has 0 saturated carbocycles. The van der Waals surface area contributed by atoms with E-state index in [-0.39, 0.29) is 5.91 Å². The third kappa shape index (κ3) is 6.00. The van der Waals surface area contributed by atoms with Gasteiger partial charge in [0.15, 0.2) is 0 Å². The predicted octanol–water partition coefficient (Wildman–Crippen LogP) is 1.91. The second kappa shape index (κ2) is 8.64. The Kier molecular flexibility index (Phi) is 6.55. The average Bonchev–Trinajstić information content (AvgIpc) is 3.02. The number of aromatic nitrogens is 3. The molecule has 0 saturated heterocycles. The van der Waals surface area contributed by atoms with Gasteiger partial charge in [-0.15, -0.1) is 0 Å². The number of hydrogen-bond donors (Lipinski definition) is 0. The molecule has 124 valence electrons. The highest BCUT2D eigenvalue weighted by atomic mass is 35.5. The summed E-state index contributed by atoms with van der Waals surface area (Å²) < 4.78 is 1.67. The first-order valence-corrected chi connectivity index (χ1v) is 7.92. The van der Waals surface area contributed by atoms with E-state index in [4.69, 9.17) is 11.6 Å². The summed E-state index contributed by atoms with van der Waals surface area (Å²) in [6.45, 7) is 2.59. The highest BCUT2D eigenvalue weighted by Gasteiger charge is 2.14. The van der Waals surface area contributed by atoms with Gasteiger partial charge in [-0.25, -0.2) is 4.98 Å². The molecule has 0 N–H and O–H groups in total. The van der Waals surface area contributed by atoms with Crippen molar-refractivity contribution in [2.45, 2.75) is 19.5 Å². The Morgan fingerprint density at radius 1 is 1.30 bits per heavy atom. The third-order valence-electron chi connectivity index (χ3n) is 3.45. The van der Waals surface area contributed by atoms with Crippen LogP contribution in [0, 0.1) is 0 Å². The Morgan fingerprint density at radius 2 is 2.13 bits per heavy atom. The maximum Gasteiger partial charge on any atom is 0.224 e. The number of halogens is 1. The van der Waals surface area contributed by atoms with Crippen molar-refractivity contribution in [2.24, 2.45) is 0 Å². The van der Waals surface area contributed by atoms with Crippen LogP contribution < -0.4 is 0 Å². The zero-order valence-electron chi connectivity index (χ0n) is 13.5. The van der Waals surface area contributed by atoms with Gasteiger partial charge in [0.1, 0.15) is 12.7 Å². The first kappa shape index (κ1) is 17.4. The molecular weight excluding hydrogens is 314 g/mol. The summed E-state index contributed by atoms with van der Waals surface area (Å²) in [6, 6.07) is 7.62. The monoisotopic (exact) mass is 335 g/mol. The van der Waals surface area contributed by atoms with E-state index in [0.717, 1.165) is 12.1 Å². The van der Waals surface area contributed by atoms with Gasteiger partial charge in [0.05, 0.1) is 6.54 Å². The van der Waals surface area contributed by atoms with Crippen molar-refractivity contribution in [1.82, 2.24) is 24.6 Å². The van der Waals surface area contributed by atoms with E-state index in [1.54, 1.807) is 11.0 Å². The van der Waals surface area contributed by atoms with Gasteiger partial charge in [-0.2, -0.15) is 5.10 Å². The molecule has 1 amide bonds. The van der Waals surface area contributed by atoms with E-state index in [1.807, 2.05) is 43.3 Å². The normalized spacial score (nSPS) is 11.0. The van der Waals surface area contributed by atoms with Crippen molar-refractivity contribution in [3.8, 4) is 0 Å². The van der Waals surface area contributed by atoms with E-state index in [2.05, 4.69) is 15.0 Å². The summed E-state index contributed by atoms with van der Waals surface area (Å²) in [6.07, 6.45) is 3.49. The van der Waals surface area contributed by atoms with Crippen LogP contribution in [0.5, 0.6) is 0 Å². The molecule has 0 aliphatic heterocycles. The van der Waals surface area contributed by atoms with Crippen molar-refractivity contribution in [3.63, 3.8) is 0 Å². The molecule has 1 heterocycles. The van der Waals surface area contributed by atoms with E-state index >= 15 is 0 Å². The molecule has 7 heteroatoms.